The number of fused-ring (bicyclic) bond motifs is 5. The van der Waals surface area contributed by atoms with Crippen LogP contribution in [0, 0.1) is 0 Å². The number of hydrogen-bond donors (Lipinski definition) is 0. The van der Waals surface area contributed by atoms with Gasteiger partial charge >= 0.3 is 11.7 Å². The molecule has 1 unspecified atom stereocenters. The second-order valence-electron chi connectivity index (χ2n) is 18.6. The molecule has 3 aliphatic rings. The highest BCUT2D eigenvalue weighted by Crippen LogP contribution is 2.55. The van der Waals surface area contributed by atoms with Crippen molar-refractivity contribution in [1.29, 1.82) is 0 Å². The molecular weight excluding hydrogens is 743 g/mol. The van der Waals surface area contributed by atoms with E-state index in [2.05, 4.69) is 177 Å². The van der Waals surface area contributed by atoms with E-state index in [1.54, 1.807) is 0 Å². The maximum absolute atomic E-state index is 8.98. The molecule has 7 aromatic carbocycles. The van der Waals surface area contributed by atoms with Crippen LogP contribution in [0.3, 0.4) is 0 Å². The highest BCUT2D eigenvalue weighted by Gasteiger charge is 2.68. The molecule has 0 bridgehead atoms. The fraction of sp³-hybridized carbons (Fsp3) is 0.158. The third-order valence-electron chi connectivity index (χ3n) is 12.9. The molecule has 5 heterocycles. The van der Waals surface area contributed by atoms with E-state index in [9.17, 15) is 0 Å². The predicted molar refractivity (Wildman–Crippen MR) is 247 cm³/mol. The third kappa shape index (κ3) is 4.99. The quantitative estimate of drug-likeness (QED) is 0.163. The van der Waals surface area contributed by atoms with Gasteiger partial charge in [-0.2, -0.15) is 4.57 Å². The van der Waals surface area contributed by atoms with Crippen LogP contribution in [0.25, 0.3) is 83.9 Å². The largest absolute Gasteiger partial charge is 0.499 e. The Bertz CT molecular complexity index is 3560. The van der Waals surface area contributed by atoms with E-state index >= 15 is 0 Å². The number of aromatic nitrogens is 3. The van der Waals surface area contributed by atoms with Gasteiger partial charge in [-0.3, -0.25) is 0 Å². The van der Waals surface area contributed by atoms with Gasteiger partial charge in [0.25, 0.3) is 0 Å². The van der Waals surface area contributed by atoms with E-state index in [1.807, 2.05) is 24.4 Å². The van der Waals surface area contributed by atoms with Crippen LogP contribution in [0.5, 0.6) is 5.75 Å². The highest BCUT2D eigenvalue weighted by molar-refractivity contribution is 5.99. The molecule has 1 atom stereocenters. The molecule has 0 fully saturated rings. The van der Waals surface area contributed by atoms with Crippen molar-refractivity contribution < 1.29 is 20.7 Å². The standard InChI is InChI=1S/C57H47N3O/c1-55(2,3)40-32-45-41-26-18-27-48-53(41)60-54(59(48)50-35-43(37-21-12-8-13-22-37)47(56(4,5)6)34-44(50)38-23-14-9-15-24-38)42-25-16-17-28-51(42)61-57(60)52(45)46(33-40)49-31-39(29-30-58(49)57)36-19-10-7-11-20-36/h7-35H,1-6H3/q+2/i7D,10D,11D,19D,20D. The average molecular weight is 795 g/mol. The molecule has 0 N–H and O–H groups in total. The highest BCUT2D eigenvalue weighted by atomic mass is 16.5. The van der Waals surface area contributed by atoms with Crippen molar-refractivity contribution in [2.45, 2.75) is 58.2 Å². The van der Waals surface area contributed by atoms with Crippen LogP contribution in [0.1, 0.15) is 65.1 Å². The minimum absolute atomic E-state index is 0.162. The number of pyridine rings is 1. The molecule has 61 heavy (non-hydrogen) atoms. The number of rotatable bonds is 4. The second kappa shape index (κ2) is 12.5. The van der Waals surface area contributed by atoms with Gasteiger partial charge < -0.3 is 4.74 Å². The van der Waals surface area contributed by atoms with Gasteiger partial charge in [0.2, 0.25) is 5.69 Å². The summed E-state index contributed by atoms with van der Waals surface area (Å²) in [6.07, 6.45) is 1.98. The summed E-state index contributed by atoms with van der Waals surface area (Å²) in [5, 5.41) is 0. The van der Waals surface area contributed by atoms with E-state index < -0.39 is 11.9 Å². The van der Waals surface area contributed by atoms with Crippen LogP contribution >= 0.6 is 0 Å². The lowest BCUT2D eigenvalue weighted by Gasteiger charge is -2.33. The molecule has 294 valence electrons. The normalized spacial score (nSPS) is 16.7. The van der Waals surface area contributed by atoms with Crippen molar-refractivity contribution in [3.05, 3.63) is 193 Å². The molecule has 0 saturated carbocycles. The van der Waals surface area contributed by atoms with Crippen LogP contribution < -0.4 is 13.9 Å². The Labute approximate surface area is 364 Å². The first-order valence-corrected chi connectivity index (χ1v) is 21.1. The molecule has 0 saturated heterocycles. The van der Waals surface area contributed by atoms with Gasteiger partial charge in [0.1, 0.15) is 22.6 Å². The van der Waals surface area contributed by atoms with Crippen molar-refractivity contribution in [1.82, 2.24) is 4.57 Å². The predicted octanol–water partition coefficient (Wildman–Crippen LogP) is 13.0. The van der Waals surface area contributed by atoms with Gasteiger partial charge in [-0.15, -0.1) is 9.13 Å². The number of ether oxygens (including phenoxy) is 1. The van der Waals surface area contributed by atoms with E-state index in [0.29, 0.717) is 5.56 Å². The lowest BCUT2D eigenvalue weighted by atomic mass is 9.79. The minimum Gasteiger partial charge on any atom is -0.392 e. The average Bonchev–Trinajstić information content (AvgIpc) is 3.81. The van der Waals surface area contributed by atoms with Crippen molar-refractivity contribution in [3.63, 3.8) is 0 Å². The summed E-state index contributed by atoms with van der Waals surface area (Å²) in [5.41, 5.74) is 16.2. The van der Waals surface area contributed by atoms with Gasteiger partial charge in [0.15, 0.2) is 17.2 Å². The zero-order valence-corrected chi connectivity index (χ0v) is 35.1. The summed E-state index contributed by atoms with van der Waals surface area (Å²) >= 11 is 0. The van der Waals surface area contributed by atoms with Crippen molar-refractivity contribution in [2.75, 3.05) is 0 Å². The molecule has 0 amide bonds. The summed E-state index contributed by atoms with van der Waals surface area (Å²) in [6, 6.07) is 48.0. The second-order valence-corrected chi connectivity index (χ2v) is 18.6. The lowest BCUT2D eigenvalue weighted by Crippen LogP contribution is -2.78. The Morgan fingerprint density at radius 2 is 1.23 bits per heavy atom. The van der Waals surface area contributed by atoms with Crippen LogP contribution in [0.4, 0.5) is 0 Å². The molecule has 4 heteroatoms. The van der Waals surface area contributed by atoms with Gasteiger partial charge in [0, 0.05) is 28.8 Å². The molecule has 0 radical (unpaired) electrons. The molecule has 12 rings (SSSR count). The SMILES string of the molecule is [2H]c1c([2H])c([2H])c(-c2cc[n+]3c(c2)-c2cc(C(C)(C)C)cc4c2C32Oc3ccccc3-c3n(-c5cc(-c6ccccc6)c(C(C)(C)C)cc5-c5ccccc5)c5cccc-4c5[n+]32)c([2H])c1[2H]. The summed E-state index contributed by atoms with van der Waals surface area (Å²) in [5.74, 6) is 0.440. The van der Waals surface area contributed by atoms with E-state index in [1.165, 1.54) is 11.1 Å². The zero-order valence-electron chi connectivity index (χ0n) is 40.1. The van der Waals surface area contributed by atoms with Crippen LogP contribution in [0.15, 0.2) is 176 Å². The van der Waals surface area contributed by atoms with Gasteiger partial charge in [-0.05, 0) is 98.3 Å². The van der Waals surface area contributed by atoms with Gasteiger partial charge in [0.05, 0.1) is 12.4 Å². The third-order valence-corrected chi connectivity index (χ3v) is 12.9. The van der Waals surface area contributed by atoms with E-state index in [4.69, 9.17) is 11.6 Å². The smallest absolute Gasteiger partial charge is 0.392 e. The maximum Gasteiger partial charge on any atom is 0.499 e. The Hall–Kier alpha value is -7.04. The van der Waals surface area contributed by atoms with Crippen molar-refractivity contribution in [3.8, 4) is 78.6 Å². The summed E-state index contributed by atoms with van der Waals surface area (Å²) in [7, 11) is 0. The fourth-order valence-electron chi connectivity index (χ4n) is 10.1. The Morgan fingerprint density at radius 3 is 1.95 bits per heavy atom. The summed E-state index contributed by atoms with van der Waals surface area (Å²) in [6.45, 7) is 13.5. The monoisotopic (exact) mass is 794 g/mol. The molecule has 1 spiro atoms. The number of benzene rings is 7. The maximum atomic E-state index is 8.98. The Balaban J connectivity index is 1.26. The number of para-hydroxylation sites is 2. The molecule has 0 aliphatic carbocycles. The first kappa shape index (κ1) is 30.9. The van der Waals surface area contributed by atoms with E-state index in [0.717, 1.165) is 84.1 Å². The molecular formula is C57H47N3O+2. The zero-order chi connectivity index (χ0) is 45.8. The Morgan fingerprint density at radius 1 is 0.557 bits per heavy atom. The number of imidazole rings is 1. The molecule has 2 aromatic heterocycles. The fourth-order valence-corrected chi connectivity index (χ4v) is 10.1. The number of nitrogens with zero attached hydrogens (tertiary/aromatic N) is 3. The van der Waals surface area contributed by atoms with Gasteiger partial charge in [-0.25, -0.2) is 0 Å². The lowest BCUT2D eigenvalue weighted by molar-refractivity contribution is -0.997. The van der Waals surface area contributed by atoms with Gasteiger partial charge in [-0.1, -0.05) is 151 Å². The topological polar surface area (TPSA) is 21.9 Å². The summed E-state index contributed by atoms with van der Waals surface area (Å²) < 4.78 is 58.1. The summed E-state index contributed by atoms with van der Waals surface area (Å²) in [4.78, 5) is 0. The molecule has 4 nitrogen and oxygen atoms in total. The minimum atomic E-state index is -1.25. The Kier molecular flexibility index (Phi) is 6.34. The molecule has 9 aromatic rings. The van der Waals surface area contributed by atoms with Crippen LogP contribution in [-0.2, 0) is 16.7 Å². The number of hydrogen-bond acceptors (Lipinski definition) is 1. The van der Waals surface area contributed by atoms with E-state index in [-0.39, 0.29) is 40.6 Å². The van der Waals surface area contributed by atoms with Crippen LogP contribution in [0.2, 0.25) is 0 Å². The first-order chi connectivity index (χ1) is 31.6. The molecule has 3 aliphatic heterocycles. The van der Waals surface area contributed by atoms with Crippen LogP contribution in [-0.4, -0.2) is 4.57 Å². The van der Waals surface area contributed by atoms with Crippen molar-refractivity contribution in [2.24, 2.45) is 0 Å². The van der Waals surface area contributed by atoms with Crippen molar-refractivity contribution >= 4 is 11.0 Å². The first-order valence-electron chi connectivity index (χ1n) is 23.6.